The molecule has 0 radical (unpaired) electrons. The van der Waals surface area contributed by atoms with E-state index in [9.17, 15) is 4.79 Å². The lowest BCUT2D eigenvalue weighted by Crippen LogP contribution is -2.30. The summed E-state index contributed by atoms with van der Waals surface area (Å²) in [5.74, 6) is 2.98. The molecule has 178 valence electrons. The molecule has 5 nitrogen and oxygen atoms in total. The van der Waals surface area contributed by atoms with Crippen molar-refractivity contribution in [3.63, 3.8) is 0 Å². The molecule has 3 aromatic carbocycles. The van der Waals surface area contributed by atoms with Gasteiger partial charge < -0.3 is 14.2 Å². The summed E-state index contributed by atoms with van der Waals surface area (Å²) in [5.41, 5.74) is 6.85. The van der Waals surface area contributed by atoms with Gasteiger partial charge in [0.2, 0.25) is 5.91 Å². The Morgan fingerprint density at radius 1 is 0.943 bits per heavy atom. The van der Waals surface area contributed by atoms with Crippen molar-refractivity contribution in [2.45, 2.75) is 32.7 Å². The highest BCUT2D eigenvalue weighted by Crippen LogP contribution is 2.34. The predicted octanol–water partition coefficient (Wildman–Crippen LogP) is 5.95. The van der Waals surface area contributed by atoms with Crippen molar-refractivity contribution in [2.75, 3.05) is 20.2 Å². The number of benzene rings is 3. The van der Waals surface area contributed by atoms with Crippen LogP contribution in [-0.2, 0) is 11.3 Å². The van der Waals surface area contributed by atoms with Crippen LogP contribution in [-0.4, -0.2) is 40.6 Å². The van der Waals surface area contributed by atoms with Gasteiger partial charge in [-0.15, -0.1) is 0 Å². The maximum absolute atomic E-state index is 12.6. The average molecular weight is 466 g/mol. The number of carbonyl (C=O) groups is 1. The lowest BCUT2D eigenvalue weighted by Gasteiger charge is -2.18. The monoisotopic (exact) mass is 465 g/mol. The van der Waals surface area contributed by atoms with Crippen LogP contribution in [0.1, 0.15) is 24.8 Å². The van der Waals surface area contributed by atoms with E-state index in [4.69, 9.17) is 9.72 Å². The van der Waals surface area contributed by atoms with Gasteiger partial charge in [0.15, 0.2) is 0 Å². The average Bonchev–Trinajstić information content (AvgIpc) is 3.54. The molecule has 35 heavy (non-hydrogen) atoms. The zero-order chi connectivity index (χ0) is 23.9. The number of likely N-dealkylation sites (tertiary alicyclic amines) is 1. The molecule has 1 aromatic heterocycles. The fourth-order valence-corrected chi connectivity index (χ4v) is 5.27. The van der Waals surface area contributed by atoms with Crippen molar-refractivity contribution in [3.05, 3.63) is 72.3 Å². The molecule has 0 bridgehead atoms. The molecule has 0 N–H and O–H groups in total. The van der Waals surface area contributed by atoms with E-state index in [1.165, 1.54) is 11.1 Å². The lowest BCUT2D eigenvalue weighted by molar-refractivity contribution is -0.131. The number of ether oxygens (including phenoxy) is 1. The molecule has 2 aliphatic rings. The minimum atomic E-state index is 0.297. The first-order chi connectivity index (χ1) is 17.1. The molecule has 1 aliphatic heterocycles. The van der Waals surface area contributed by atoms with Crippen LogP contribution in [0, 0.1) is 18.8 Å². The molecule has 1 atom stereocenters. The molecule has 6 rings (SSSR count). The van der Waals surface area contributed by atoms with E-state index in [0.717, 1.165) is 72.6 Å². The highest BCUT2D eigenvalue weighted by atomic mass is 16.5. The Morgan fingerprint density at radius 3 is 2.31 bits per heavy atom. The Morgan fingerprint density at radius 2 is 1.63 bits per heavy atom. The Kier molecular flexibility index (Phi) is 5.56. The van der Waals surface area contributed by atoms with E-state index in [1.807, 2.05) is 12.1 Å². The lowest BCUT2D eigenvalue weighted by atomic mass is 10.0. The summed E-state index contributed by atoms with van der Waals surface area (Å²) in [6, 6.07) is 23.3. The third-order valence-corrected chi connectivity index (χ3v) is 7.44. The number of hydrogen-bond donors (Lipinski definition) is 0. The molecule has 2 fully saturated rings. The highest BCUT2D eigenvalue weighted by Gasteiger charge is 2.36. The van der Waals surface area contributed by atoms with E-state index >= 15 is 0 Å². The third-order valence-electron chi connectivity index (χ3n) is 7.44. The SMILES string of the molecule is COc1ccc(-c2ccc(-c3nc4cc(C)ccc4n3CC3CCN(C(=O)C4CC4)C3)cc2)cc1. The first-order valence-electron chi connectivity index (χ1n) is 12.6. The van der Waals surface area contributed by atoms with E-state index < -0.39 is 0 Å². The highest BCUT2D eigenvalue weighted by molar-refractivity contribution is 5.82. The Labute approximate surface area is 206 Å². The summed E-state index contributed by atoms with van der Waals surface area (Å²) in [6.45, 7) is 4.73. The number of carbonyl (C=O) groups excluding carboxylic acids is 1. The van der Waals surface area contributed by atoms with Crippen molar-refractivity contribution < 1.29 is 9.53 Å². The van der Waals surface area contributed by atoms with Gasteiger partial charge in [0, 0.05) is 31.1 Å². The summed E-state index contributed by atoms with van der Waals surface area (Å²) in [4.78, 5) is 19.7. The zero-order valence-corrected chi connectivity index (χ0v) is 20.4. The van der Waals surface area contributed by atoms with Gasteiger partial charge in [-0.1, -0.05) is 42.5 Å². The van der Waals surface area contributed by atoms with Gasteiger partial charge in [0.05, 0.1) is 18.1 Å². The molecular weight excluding hydrogens is 434 g/mol. The van der Waals surface area contributed by atoms with E-state index in [0.29, 0.717) is 17.7 Å². The summed E-state index contributed by atoms with van der Waals surface area (Å²) < 4.78 is 7.66. The Hall–Kier alpha value is -3.60. The first-order valence-corrected chi connectivity index (χ1v) is 12.6. The van der Waals surface area contributed by atoms with Crippen molar-refractivity contribution in [1.82, 2.24) is 14.5 Å². The maximum atomic E-state index is 12.6. The second kappa shape index (κ2) is 8.88. The van der Waals surface area contributed by atoms with E-state index in [1.54, 1.807) is 7.11 Å². The number of imidazole rings is 1. The third kappa shape index (κ3) is 4.31. The second-order valence-corrected chi connectivity index (χ2v) is 10.1. The number of amides is 1. The first kappa shape index (κ1) is 21.9. The smallest absolute Gasteiger partial charge is 0.225 e. The van der Waals surface area contributed by atoms with Gasteiger partial charge in [-0.25, -0.2) is 4.98 Å². The molecule has 2 heterocycles. The van der Waals surface area contributed by atoms with Crippen molar-refractivity contribution in [1.29, 1.82) is 0 Å². The topological polar surface area (TPSA) is 47.4 Å². The van der Waals surface area contributed by atoms with Gasteiger partial charge in [0.25, 0.3) is 0 Å². The van der Waals surface area contributed by atoms with Crippen LogP contribution in [0.2, 0.25) is 0 Å². The molecule has 1 unspecified atom stereocenters. The van der Waals surface area contributed by atoms with Crippen molar-refractivity contribution in [3.8, 4) is 28.3 Å². The number of nitrogens with zero attached hydrogens (tertiary/aromatic N) is 3. The van der Waals surface area contributed by atoms with Crippen LogP contribution in [0.5, 0.6) is 5.75 Å². The fourth-order valence-electron chi connectivity index (χ4n) is 5.27. The van der Waals surface area contributed by atoms with Gasteiger partial charge >= 0.3 is 0 Å². The van der Waals surface area contributed by atoms with Crippen LogP contribution in [0.25, 0.3) is 33.5 Å². The zero-order valence-electron chi connectivity index (χ0n) is 20.4. The summed E-state index contributed by atoms with van der Waals surface area (Å²) in [5, 5.41) is 0. The van der Waals surface area contributed by atoms with E-state index in [-0.39, 0.29) is 0 Å². The molecule has 1 amide bonds. The minimum absolute atomic E-state index is 0.297. The van der Waals surface area contributed by atoms with Gasteiger partial charge in [-0.2, -0.15) is 0 Å². The fraction of sp³-hybridized carbons (Fsp3) is 0.333. The Bertz CT molecular complexity index is 1370. The standard InChI is InChI=1S/C30H31N3O2/c1-20-3-14-28-27(17-20)31-29(33(28)19-21-15-16-32(18-21)30(34)25-8-9-25)24-6-4-22(5-7-24)23-10-12-26(35-2)13-11-23/h3-7,10-14,17,21,25H,8-9,15-16,18-19H2,1-2H3. The number of aromatic nitrogens is 2. The number of aryl methyl sites for hydroxylation is 1. The molecule has 5 heteroatoms. The minimum Gasteiger partial charge on any atom is -0.497 e. The molecule has 1 saturated carbocycles. The maximum Gasteiger partial charge on any atom is 0.225 e. The number of methoxy groups -OCH3 is 1. The number of rotatable bonds is 6. The second-order valence-electron chi connectivity index (χ2n) is 10.1. The summed E-state index contributed by atoms with van der Waals surface area (Å²) in [7, 11) is 1.69. The van der Waals surface area contributed by atoms with Crippen molar-refractivity contribution in [2.24, 2.45) is 11.8 Å². The molecule has 4 aromatic rings. The van der Waals surface area contributed by atoms with Gasteiger partial charge in [-0.3, -0.25) is 4.79 Å². The summed E-state index contributed by atoms with van der Waals surface area (Å²) in [6.07, 6.45) is 3.20. The molecule has 1 aliphatic carbocycles. The van der Waals surface area contributed by atoms with Crippen LogP contribution < -0.4 is 4.74 Å². The van der Waals surface area contributed by atoms with Crippen molar-refractivity contribution >= 4 is 16.9 Å². The largest absolute Gasteiger partial charge is 0.497 e. The quantitative estimate of drug-likeness (QED) is 0.354. The van der Waals surface area contributed by atoms with Crippen LogP contribution in [0.4, 0.5) is 0 Å². The van der Waals surface area contributed by atoms with Gasteiger partial charge in [-0.05, 0) is 73.1 Å². The van der Waals surface area contributed by atoms with Crippen LogP contribution in [0.15, 0.2) is 66.7 Å². The molecule has 0 spiro atoms. The van der Waals surface area contributed by atoms with Gasteiger partial charge in [0.1, 0.15) is 11.6 Å². The number of fused-ring (bicyclic) bond motifs is 1. The normalized spacial score (nSPS) is 17.8. The number of hydrogen-bond acceptors (Lipinski definition) is 3. The molecule has 1 saturated heterocycles. The predicted molar refractivity (Wildman–Crippen MR) is 139 cm³/mol. The summed E-state index contributed by atoms with van der Waals surface area (Å²) >= 11 is 0. The van der Waals surface area contributed by atoms with Crippen LogP contribution in [0.3, 0.4) is 0 Å². The molecular formula is C30H31N3O2. The Balaban J connectivity index is 1.30. The van der Waals surface area contributed by atoms with Crippen LogP contribution >= 0.6 is 0 Å². The van der Waals surface area contributed by atoms with E-state index in [2.05, 4.69) is 71.0 Å².